The Kier molecular flexibility index (Phi) is 12.9. The Bertz CT molecular complexity index is 2050. The Labute approximate surface area is 330 Å². The Morgan fingerprint density at radius 3 is 2.27 bits per heavy atom. The number of carbonyl (C=O) groups excluding carboxylic acids is 4. The summed E-state index contributed by atoms with van der Waals surface area (Å²) in [6.07, 6.45) is 5.37. The van der Waals surface area contributed by atoms with Crippen molar-refractivity contribution in [1.29, 1.82) is 0 Å². The van der Waals surface area contributed by atoms with Crippen LogP contribution < -0.4 is 20.7 Å². The van der Waals surface area contributed by atoms with E-state index >= 15 is 0 Å². The number of H-pyrrole nitrogens is 2. The molecule has 0 bridgehead atoms. The fourth-order valence-electron chi connectivity index (χ4n) is 6.78. The number of hydrogen-bond acceptors (Lipinski definition) is 10. The van der Waals surface area contributed by atoms with E-state index in [4.69, 9.17) is 9.47 Å². The summed E-state index contributed by atoms with van der Waals surface area (Å²) >= 11 is 1.65. The van der Waals surface area contributed by atoms with Crippen molar-refractivity contribution in [1.82, 2.24) is 40.8 Å². The minimum Gasteiger partial charge on any atom is -0.457 e. The van der Waals surface area contributed by atoms with Crippen LogP contribution in [0, 0.1) is 11.8 Å². The van der Waals surface area contributed by atoms with Crippen molar-refractivity contribution in [2.24, 2.45) is 11.8 Å². The summed E-state index contributed by atoms with van der Waals surface area (Å²) in [5, 5.41) is 8.17. The molecule has 3 unspecified atom stereocenters. The van der Waals surface area contributed by atoms with Crippen molar-refractivity contribution in [2.45, 2.75) is 71.5 Å². The van der Waals surface area contributed by atoms with Crippen LogP contribution in [-0.4, -0.2) is 93.3 Å². The number of aryl methyl sites for hydroxylation is 1. The predicted molar refractivity (Wildman–Crippen MR) is 212 cm³/mol. The van der Waals surface area contributed by atoms with Gasteiger partial charge in [0, 0.05) is 36.3 Å². The van der Waals surface area contributed by atoms with E-state index in [1.54, 1.807) is 22.9 Å². The number of unbranched alkanes of at least 4 members (excludes halogenated alkanes) is 1. The lowest BCUT2D eigenvalue weighted by Crippen LogP contribution is -2.51. The Morgan fingerprint density at radius 2 is 1.54 bits per heavy atom. The molecule has 2 aromatic carbocycles. The molecular weight excluding hydrogens is 737 g/mol. The second kappa shape index (κ2) is 18.0. The van der Waals surface area contributed by atoms with Crippen molar-refractivity contribution < 1.29 is 33.4 Å². The summed E-state index contributed by atoms with van der Waals surface area (Å²) in [6.45, 7) is 8.01. The number of nitrogens with one attached hydrogen (secondary N) is 5. The second-order valence-corrected chi connectivity index (χ2v) is 15.6. The maximum absolute atomic E-state index is 13.6. The third-order valence-electron chi connectivity index (χ3n) is 9.99. The zero-order valence-electron chi connectivity index (χ0n) is 32.6. The van der Waals surface area contributed by atoms with Crippen molar-refractivity contribution in [3.63, 3.8) is 0 Å². The molecule has 15 nitrogen and oxygen atoms in total. The third-order valence-corrected chi connectivity index (χ3v) is 11.0. The predicted octanol–water partition coefficient (Wildman–Crippen LogP) is 5.94. The molecule has 16 heteroatoms. The number of fused-ring (bicyclic) bond motifs is 2. The highest BCUT2D eigenvalue weighted by Gasteiger charge is 2.38. The van der Waals surface area contributed by atoms with Crippen LogP contribution in [-0.2, 0) is 31.9 Å². The first-order valence-corrected chi connectivity index (χ1v) is 20.0. The molecule has 1 fully saturated rings. The first-order valence-electron chi connectivity index (χ1n) is 18.8. The van der Waals surface area contributed by atoms with Crippen LogP contribution in [0.5, 0.6) is 11.5 Å². The van der Waals surface area contributed by atoms with Crippen LogP contribution in [0.2, 0.25) is 0 Å². The van der Waals surface area contributed by atoms with Gasteiger partial charge in [0.1, 0.15) is 35.2 Å². The van der Waals surface area contributed by atoms with Gasteiger partial charge in [0.25, 0.3) is 0 Å². The van der Waals surface area contributed by atoms with Gasteiger partial charge < -0.3 is 45.0 Å². The molecule has 0 radical (unpaired) electrons. The van der Waals surface area contributed by atoms with Crippen molar-refractivity contribution in [3.8, 4) is 34.0 Å². The maximum Gasteiger partial charge on any atom is 0.407 e. The van der Waals surface area contributed by atoms with Crippen LogP contribution in [0.15, 0.2) is 48.8 Å². The average molecular weight is 787 g/mol. The van der Waals surface area contributed by atoms with E-state index in [2.05, 4.69) is 58.8 Å². The number of ether oxygens (including phenoxy) is 3. The summed E-state index contributed by atoms with van der Waals surface area (Å²) in [7, 11) is 2.56. The molecule has 4 aromatic rings. The molecule has 5 N–H and O–H groups in total. The van der Waals surface area contributed by atoms with Gasteiger partial charge in [-0.25, -0.2) is 19.6 Å². The number of aromatic nitrogens is 4. The quantitative estimate of drug-likeness (QED) is 0.0842. The van der Waals surface area contributed by atoms with Crippen LogP contribution >= 0.6 is 11.8 Å². The summed E-state index contributed by atoms with van der Waals surface area (Å²) in [5.41, 5.74) is 5.80. The number of benzene rings is 2. The Hall–Kier alpha value is -5.51. The van der Waals surface area contributed by atoms with Crippen LogP contribution in [0.3, 0.4) is 0 Å². The fourth-order valence-corrected chi connectivity index (χ4v) is 7.96. The number of thioether (sulfide) groups is 1. The van der Waals surface area contributed by atoms with E-state index in [9.17, 15) is 19.2 Å². The third kappa shape index (κ3) is 9.29. The molecule has 298 valence electrons. The lowest BCUT2D eigenvalue weighted by molar-refractivity contribution is -0.135. The van der Waals surface area contributed by atoms with Gasteiger partial charge in [-0.05, 0) is 60.1 Å². The molecule has 1 saturated heterocycles. The van der Waals surface area contributed by atoms with E-state index < -0.39 is 24.3 Å². The lowest BCUT2D eigenvalue weighted by atomic mass is 9.96. The smallest absolute Gasteiger partial charge is 0.407 e. The van der Waals surface area contributed by atoms with Gasteiger partial charge >= 0.3 is 12.2 Å². The Balaban J connectivity index is 1.04. The summed E-state index contributed by atoms with van der Waals surface area (Å²) in [6, 6.07) is 10.7. The number of imidazole rings is 2. The highest BCUT2D eigenvalue weighted by atomic mass is 32.2. The molecule has 2 aliphatic heterocycles. The first-order chi connectivity index (χ1) is 26.9. The number of rotatable bonds is 14. The van der Waals surface area contributed by atoms with Crippen molar-refractivity contribution in [2.75, 3.05) is 32.4 Å². The highest BCUT2D eigenvalue weighted by Crippen LogP contribution is 2.40. The minimum absolute atomic E-state index is 0.0757. The molecule has 4 amide bonds. The van der Waals surface area contributed by atoms with Gasteiger partial charge in [-0.15, -0.1) is 11.8 Å². The number of nitrogens with zero attached hydrogens (tertiary/aromatic N) is 3. The van der Waals surface area contributed by atoms with Gasteiger partial charge in [-0.1, -0.05) is 39.8 Å². The zero-order chi connectivity index (χ0) is 39.9. The average Bonchev–Trinajstić information content (AvgIpc) is 3.99. The van der Waals surface area contributed by atoms with E-state index in [0.29, 0.717) is 30.4 Å². The number of aromatic amines is 2. The first kappa shape index (κ1) is 40.2. The number of carbonyl (C=O) groups is 4. The zero-order valence-corrected chi connectivity index (χ0v) is 33.4. The van der Waals surface area contributed by atoms with E-state index in [-0.39, 0.29) is 29.7 Å². The van der Waals surface area contributed by atoms with Crippen LogP contribution in [0.4, 0.5) is 9.59 Å². The van der Waals surface area contributed by atoms with E-state index in [1.165, 1.54) is 14.2 Å². The molecule has 0 spiro atoms. The van der Waals surface area contributed by atoms with Gasteiger partial charge in [-0.3, -0.25) is 9.59 Å². The van der Waals surface area contributed by atoms with Gasteiger partial charge in [0.2, 0.25) is 11.8 Å². The molecule has 2 aliphatic rings. The van der Waals surface area contributed by atoms with Gasteiger partial charge in [0.15, 0.2) is 0 Å². The summed E-state index contributed by atoms with van der Waals surface area (Å²) in [4.78, 5) is 67.6. The molecule has 6 rings (SSSR count). The number of hydrogen-bond donors (Lipinski definition) is 5. The molecule has 56 heavy (non-hydrogen) atoms. The normalized spacial score (nSPS) is 15.7. The van der Waals surface area contributed by atoms with Crippen LogP contribution in [0.1, 0.15) is 69.4 Å². The van der Waals surface area contributed by atoms with Crippen molar-refractivity contribution in [3.05, 3.63) is 71.6 Å². The number of alkyl carbamates (subject to hydrolysis) is 2. The molecule has 4 heterocycles. The van der Waals surface area contributed by atoms with Gasteiger partial charge in [-0.2, -0.15) is 0 Å². The molecule has 3 atom stereocenters. The number of amides is 4. The molecule has 0 saturated carbocycles. The van der Waals surface area contributed by atoms with Gasteiger partial charge in [0.05, 0.1) is 49.9 Å². The van der Waals surface area contributed by atoms with E-state index in [1.807, 2.05) is 52.1 Å². The summed E-state index contributed by atoms with van der Waals surface area (Å²) < 4.78 is 15.8. The lowest BCUT2D eigenvalue weighted by Gasteiger charge is -2.29. The largest absolute Gasteiger partial charge is 0.457 e. The number of methoxy groups -OCH3 is 2. The molecule has 0 aliphatic carbocycles. The second-order valence-electron chi connectivity index (χ2n) is 14.6. The van der Waals surface area contributed by atoms with Crippen molar-refractivity contribution >= 4 is 35.8 Å². The highest BCUT2D eigenvalue weighted by molar-refractivity contribution is 7.99. The minimum atomic E-state index is -0.706. The molecular formula is C40H50N8O7S. The van der Waals surface area contributed by atoms with Crippen LogP contribution in [0.25, 0.3) is 22.5 Å². The maximum atomic E-state index is 13.6. The fraction of sp³-hybridized carbons (Fsp3) is 0.450. The summed E-state index contributed by atoms with van der Waals surface area (Å²) in [5.74, 6) is 3.75. The van der Waals surface area contributed by atoms with E-state index in [0.717, 1.165) is 70.2 Å². The topological polar surface area (TPSA) is 193 Å². The monoisotopic (exact) mass is 786 g/mol. The standard InChI is InChI=1S/C40H50N8O7S/c1-22(2)34(46-39(51)53-5)37(49)41-14-8-7-9-33-42-18-28(44-33)25-10-11-26-16-27-15-24(12-13-31(27)55-32(26)17-25)29-19-43-36(45-29)30-20-56-21-48(30)38(50)35(23(3)4)47-40(52)54-6/h10-13,15,17-19,22-23,30,34-35H,7-9,14,16,20-21H2,1-6H3,(H,41,49)(H,42,44)(H,43,45)(H,46,51)(H,47,52). The molecule has 2 aromatic heterocycles. The SMILES string of the molecule is COC(=O)NC(C(=O)NCCCCc1ncc(-c2ccc3c(c2)Oc2ccc(-c4cnc(C5CSCN5C(=O)C(NC(=O)OC)C(C)C)[nH]4)cc2C3)[nH]1)C(C)C. The Morgan fingerprint density at radius 1 is 0.857 bits per heavy atom.